The Morgan fingerprint density at radius 2 is 1.70 bits per heavy atom. The average molecular weight is 603 g/mol. The number of carbonyl (C=O) groups excluding carboxylic acids is 1. The van der Waals surface area contributed by atoms with Gasteiger partial charge in [-0.2, -0.15) is 0 Å². The monoisotopic (exact) mass is 602 g/mol. The van der Waals surface area contributed by atoms with Crippen LogP contribution in [-0.4, -0.2) is 52.2 Å². The van der Waals surface area contributed by atoms with E-state index in [0.717, 1.165) is 12.8 Å². The molecule has 4 aromatic rings. The van der Waals surface area contributed by atoms with Crippen molar-refractivity contribution in [2.24, 2.45) is 4.99 Å². The van der Waals surface area contributed by atoms with Crippen molar-refractivity contribution in [3.63, 3.8) is 0 Å². The van der Waals surface area contributed by atoms with Crippen molar-refractivity contribution < 1.29 is 13.6 Å². The highest BCUT2D eigenvalue weighted by Crippen LogP contribution is 2.35. The third kappa shape index (κ3) is 6.00. The lowest BCUT2D eigenvalue weighted by Gasteiger charge is -2.39. The molecule has 0 radical (unpaired) electrons. The summed E-state index contributed by atoms with van der Waals surface area (Å²) in [6.45, 7) is 3.73. The predicted octanol–water partition coefficient (Wildman–Crippen LogP) is 7.02. The molecule has 2 aliphatic rings. The van der Waals surface area contributed by atoms with Crippen molar-refractivity contribution in [1.29, 1.82) is 0 Å². The van der Waals surface area contributed by atoms with Gasteiger partial charge < -0.3 is 15.5 Å². The first kappa shape index (κ1) is 30.3. The fourth-order valence-corrected chi connectivity index (χ4v) is 5.56. The van der Waals surface area contributed by atoms with Crippen molar-refractivity contribution in [2.75, 3.05) is 25.5 Å². The summed E-state index contributed by atoms with van der Waals surface area (Å²) < 4.78 is 29.6. The molecule has 0 aliphatic carbocycles. The van der Waals surface area contributed by atoms with E-state index in [4.69, 9.17) is 16.6 Å². The minimum atomic E-state index is -0.710. The molecule has 2 N–H and O–H groups in total. The standard InChI is InChI=1S/C32H29ClF2N6O.CH4/c1-32(36-2)12-14-41(15-13-32)30(42)19-6-9-22(10-7-19)39-31-38-18-20-17-37-29(27-25(34)4-3-5-26(27)35)24-16-21(33)8-11-23(24)28(20)40-31;/h3-11,16,18,36H,12-15,17H2,1-2H3,(H,38,39,40);1H4. The fourth-order valence-electron chi connectivity index (χ4n) is 5.38. The third-order valence-electron chi connectivity index (χ3n) is 8.11. The molecule has 0 unspecified atom stereocenters. The predicted molar refractivity (Wildman–Crippen MR) is 167 cm³/mol. The van der Waals surface area contributed by atoms with Gasteiger partial charge in [0.05, 0.1) is 23.5 Å². The minimum absolute atomic E-state index is 0. The number of aliphatic imine (C=N–C) groups is 1. The Morgan fingerprint density at radius 1 is 1.00 bits per heavy atom. The van der Waals surface area contributed by atoms with Crippen molar-refractivity contribution in [3.8, 4) is 11.3 Å². The van der Waals surface area contributed by atoms with E-state index >= 15 is 0 Å². The third-order valence-corrected chi connectivity index (χ3v) is 8.34. The van der Waals surface area contributed by atoms with Crippen LogP contribution >= 0.6 is 11.6 Å². The van der Waals surface area contributed by atoms with Crippen LogP contribution in [0.3, 0.4) is 0 Å². The minimum Gasteiger partial charge on any atom is -0.339 e. The maximum atomic E-state index is 14.8. The molecule has 10 heteroatoms. The Balaban J connectivity index is 0.00000368. The molecular weight excluding hydrogens is 570 g/mol. The number of carbonyl (C=O) groups is 1. The van der Waals surface area contributed by atoms with Crippen LogP contribution in [0.15, 0.2) is 71.9 Å². The molecule has 1 fully saturated rings. The van der Waals surface area contributed by atoms with Crippen LogP contribution in [0.1, 0.15) is 54.2 Å². The summed E-state index contributed by atoms with van der Waals surface area (Å²) in [7, 11) is 1.96. The number of fused-ring (bicyclic) bond motifs is 3. The molecule has 1 saturated heterocycles. The summed E-state index contributed by atoms with van der Waals surface area (Å²) >= 11 is 6.31. The second-order valence-corrected chi connectivity index (χ2v) is 11.3. The number of benzene rings is 3. The molecule has 222 valence electrons. The first-order valence-electron chi connectivity index (χ1n) is 13.7. The number of hydrogen-bond acceptors (Lipinski definition) is 6. The van der Waals surface area contributed by atoms with Crippen molar-refractivity contribution in [2.45, 2.75) is 39.3 Å². The van der Waals surface area contributed by atoms with Crippen LogP contribution < -0.4 is 10.6 Å². The van der Waals surface area contributed by atoms with Gasteiger partial charge in [-0.3, -0.25) is 9.79 Å². The molecule has 0 atom stereocenters. The van der Waals surface area contributed by atoms with Crippen LogP contribution in [0, 0.1) is 11.6 Å². The van der Waals surface area contributed by atoms with Crippen LogP contribution in [0.2, 0.25) is 5.02 Å². The Bertz CT molecular complexity index is 1680. The number of rotatable bonds is 5. The van der Waals surface area contributed by atoms with Crippen LogP contribution in [0.25, 0.3) is 11.3 Å². The Morgan fingerprint density at radius 3 is 2.37 bits per heavy atom. The van der Waals surface area contributed by atoms with Gasteiger partial charge in [0.25, 0.3) is 5.91 Å². The molecule has 3 heterocycles. The van der Waals surface area contributed by atoms with Crippen molar-refractivity contribution >= 4 is 34.9 Å². The number of anilines is 2. The Labute approximate surface area is 255 Å². The second kappa shape index (κ2) is 12.2. The van der Waals surface area contributed by atoms with E-state index in [1.807, 2.05) is 24.1 Å². The van der Waals surface area contributed by atoms with Gasteiger partial charge in [-0.25, -0.2) is 18.7 Å². The number of piperidine rings is 1. The number of hydrogen-bond donors (Lipinski definition) is 2. The largest absolute Gasteiger partial charge is 0.339 e. The Hall–Kier alpha value is -4.21. The van der Waals surface area contributed by atoms with Crippen LogP contribution in [0.4, 0.5) is 20.4 Å². The highest BCUT2D eigenvalue weighted by molar-refractivity contribution is 6.31. The number of nitrogens with one attached hydrogen (secondary N) is 2. The smallest absolute Gasteiger partial charge is 0.253 e. The molecule has 1 aromatic heterocycles. The topological polar surface area (TPSA) is 82.5 Å². The summed E-state index contributed by atoms with van der Waals surface area (Å²) in [6.07, 6.45) is 3.46. The molecule has 6 rings (SSSR count). The molecule has 1 amide bonds. The SMILES string of the molecule is C.CNC1(C)CCN(C(=O)c2ccc(Nc3ncc4c(n3)-c3ccc(Cl)cc3C(c3c(F)cccc3F)=NC4)cc2)CC1. The fraction of sp³-hybridized carbons (Fsp3) is 0.273. The number of aromatic nitrogens is 2. The molecular formula is C33H33ClF2N6O. The maximum Gasteiger partial charge on any atom is 0.253 e. The molecule has 43 heavy (non-hydrogen) atoms. The van der Waals surface area contributed by atoms with Crippen LogP contribution in [-0.2, 0) is 6.54 Å². The number of halogens is 3. The lowest BCUT2D eigenvalue weighted by molar-refractivity contribution is 0.0662. The molecule has 0 bridgehead atoms. The zero-order valence-electron chi connectivity index (χ0n) is 23.2. The van der Waals surface area contributed by atoms with E-state index < -0.39 is 11.6 Å². The summed E-state index contributed by atoms with van der Waals surface area (Å²) in [5, 5.41) is 6.96. The highest BCUT2D eigenvalue weighted by Gasteiger charge is 2.31. The lowest BCUT2D eigenvalue weighted by atomic mass is 9.89. The van der Waals surface area contributed by atoms with E-state index in [1.54, 1.807) is 36.5 Å². The average Bonchev–Trinajstić information content (AvgIpc) is 3.14. The van der Waals surface area contributed by atoms with Crippen LogP contribution in [0.5, 0.6) is 0 Å². The van der Waals surface area contributed by atoms with Crippen molar-refractivity contribution in [3.05, 3.63) is 106 Å². The van der Waals surface area contributed by atoms with Gasteiger partial charge in [-0.15, -0.1) is 0 Å². The van der Waals surface area contributed by atoms with Gasteiger partial charge in [0.2, 0.25) is 5.95 Å². The first-order valence-corrected chi connectivity index (χ1v) is 14.1. The zero-order valence-corrected chi connectivity index (χ0v) is 24.0. The quantitative estimate of drug-likeness (QED) is 0.257. The van der Waals surface area contributed by atoms with E-state index in [9.17, 15) is 13.6 Å². The second-order valence-electron chi connectivity index (χ2n) is 10.8. The van der Waals surface area contributed by atoms with Gasteiger partial charge in [-0.1, -0.05) is 31.2 Å². The first-order chi connectivity index (χ1) is 20.2. The summed E-state index contributed by atoms with van der Waals surface area (Å²) in [4.78, 5) is 28.7. The van der Waals surface area contributed by atoms with Gasteiger partial charge >= 0.3 is 0 Å². The summed E-state index contributed by atoms with van der Waals surface area (Å²) in [6, 6.07) is 16.1. The number of nitrogens with zero attached hydrogens (tertiary/aromatic N) is 4. The molecule has 2 aliphatic heterocycles. The highest BCUT2D eigenvalue weighted by atomic mass is 35.5. The summed E-state index contributed by atoms with van der Waals surface area (Å²) in [5.41, 5.74) is 3.74. The van der Waals surface area contributed by atoms with E-state index in [1.165, 1.54) is 18.2 Å². The summed E-state index contributed by atoms with van der Waals surface area (Å²) in [5.74, 6) is -1.08. The van der Waals surface area contributed by atoms with E-state index in [2.05, 4.69) is 27.5 Å². The Kier molecular flexibility index (Phi) is 8.57. The van der Waals surface area contributed by atoms with Crippen molar-refractivity contribution in [1.82, 2.24) is 20.2 Å². The van der Waals surface area contributed by atoms with E-state index in [-0.39, 0.29) is 36.7 Å². The molecule has 7 nitrogen and oxygen atoms in total. The maximum absolute atomic E-state index is 14.8. The molecule has 0 spiro atoms. The van der Waals surface area contributed by atoms with Gasteiger partial charge in [0, 0.05) is 57.8 Å². The molecule has 0 saturated carbocycles. The number of amides is 1. The lowest BCUT2D eigenvalue weighted by Crippen LogP contribution is -2.51. The normalized spacial score (nSPS) is 15.4. The zero-order chi connectivity index (χ0) is 29.4. The molecule has 3 aromatic carbocycles. The van der Waals surface area contributed by atoms with Gasteiger partial charge in [0.15, 0.2) is 0 Å². The van der Waals surface area contributed by atoms with Gasteiger partial charge in [-0.05, 0) is 75.3 Å². The van der Waals surface area contributed by atoms with E-state index in [0.29, 0.717) is 57.7 Å². The van der Waals surface area contributed by atoms with Gasteiger partial charge in [0.1, 0.15) is 11.6 Å². The number of likely N-dealkylation sites (tertiary alicyclic amines) is 1.